The molecule has 0 spiro atoms. The molecule has 0 bridgehead atoms. The van der Waals surface area contributed by atoms with Crippen LogP contribution in [0.15, 0.2) is 47.7 Å². The van der Waals surface area contributed by atoms with Crippen LogP contribution in [0.4, 0.5) is 0 Å². The predicted molar refractivity (Wildman–Crippen MR) is 72.6 cm³/mol. The lowest BCUT2D eigenvalue weighted by atomic mass is 10.0. The smallest absolute Gasteiger partial charge is 0.247 e. The number of carbonyl (C=O) groups is 1. The maximum Gasteiger partial charge on any atom is 0.247 e. The molecule has 0 saturated heterocycles. The molecule has 0 aliphatic heterocycles. The van der Waals surface area contributed by atoms with Gasteiger partial charge < -0.3 is 11.1 Å². The zero-order valence-electron chi connectivity index (χ0n) is 10.6. The Morgan fingerprint density at radius 2 is 2.28 bits per heavy atom. The van der Waals surface area contributed by atoms with E-state index in [0.29, 0.717) is 12.2 Å². The molecule has 0 fully saturated rings. The van der Waals surface area contributed by atoms with E-state index in [4.69, 9.17) is 5.73 Å². The number of benzene rings is 1. The van der Waals surface area contributed by atoms with Crippen molar-refractivity contribution in [1.29, 1.82) is 0 Å². The van der Waals surface area contributed by atoms with Crippen molar-refractivity contribution in [2.24, 2.45) is 5.73 Å². The van der Waals surface area contributed by atoms with Crippen molar-refractivity contribution >= 4 is 5.91 Å². The van der Waals surface area contributed by atoms with Crippen LogP contribution in [-0.2, 0) is 11.3 Å². The second-order valence-electron chi connectivity index (χ2n) is 4.58. The van der Waals surface area contributed by atoms with E-state index in [1.54, 1.807) is 6.08 Å². The fourth-order valence-electron chi connectivity index (χ4n) is 2.02. The van der Waals surface area contributed by atoms with Gasteiger partial charge in [0.15, 0.2) is 0 Å². The number of allylic oxidation sites excluding steroid dienone is 2. The van der Waals surface area contributed by atoms with Gasteiger partial charge in [0.2, 0.25) is 5.91 Å². The highest BCUT2D eigenvalue weighted by Gasteiger charge is 2.11. The maximum atomic E-state index is 11.9. The first-order valence-electron chi connectivity index (χ1n) is 6.15. The van der Waals surface area contributed by atoms with Crippen LogP contribution in [0.3, 0.4) is 0 Å². The van der Waals surface area contributed by atoms with Gasteiger partial charge in [-0.1, -0.05) is 35.9 Å². The molecule has 0 heterocycles. The summed E-state index contributed by atoms with van der Waals surface area (Å²) < 4.78 is 0. The third-order valence-corrected chi connectivity index (χ3v) is 2.96. The molecule has 18 heavy (non-hydrogen) atoms. The molecule has 3 N–H and O–H groups in total. The summed E-state index contributed by atoms with van der Waals surface area (Å²) >= 11 is 0. The van der Waals surface area contributed by atoms with E-state index >= 15 is 0 Å². The minimum Gasteiger partial charge on any atom is -0.399 e. The number of rotatable bonds is 3. The van der Waals surface area contributed by atoms with Crippen molar-refractivity contribution in [3.63, 3.8) is 0 Å². The van der Waals surface area contributed by atoms with Crippen molar-refractivity contribution < 1.29 is 4.79 Å². The zero-order valence-corrected chi connectivity index (χ0v) is 10.6. The van der Waals surface area contributed by atoms with Crippen LogP contribution in [0, 0.1) is 6.92 Å². The number of nitrogens with two attached hydrogens (primary N) is 1. The molecule has 1 aliphatic carbocycles. The van der Waals surface area contributed by atoms with E-state index in [0.717, 1.165) is 24.0 Å². The molecule has 1 aliphatic rings. The van der Waals surface area contributed by atoms with Gasteiger partial charge in [0.05, 0.1) is 0 Å². The maximum absolute atomic E-state index is 11.9. The molecule has 1 amide bonds. The number of hydrogen-bond acceptors (Lipinski definition) is 2. The molecule has 2 rings (SSSR count). The van der Waals surface area contributed by atoms with Gasteiger partial charge in [0.25, 0.3) is 0 Å². The summed E-state index contributed by atoms with van der Waals surface area (Å²) in [6.07, 6.45) is 5.31. The van der Waals surface area contributed by atoms with Gasteiger partial charge in [0, 0.05) is 17.8 Å². The summed E-state index contributed by atoms with van der Waals surface area (Å²) in [5.74, 6) is -0.0208. The van der Waals surface area contributed by atoms with Crippen molar-refractivity contribution in [3.8, 4) is 0 Å². The molecule has 1 aromatic rings. The number of hydrogen-bond donors (Lipinski definition) is 2. The molecule has 0 unspecified atom stereocenters. The fourth-order valence-corrected chi connectivity index (χ4v) is 2.02. The van der Waals surface area contributed by atoms with E-state index in [-0.39, 0.29) is 5.91 Å². The molecule has 0 atom stereocenters. The molecule has 0 saturated carbocycles. The molecule has 1 aromatic carbocycles. The minimum absolute atomic E-state index is 0.0208. The van der Waals surface area contributed by atoms with Gasteiger partial charge in [0.1, 0.15) is 0 Å². The Morgan fingerprint density at radius 3 is 3.00 bits per heavy atom. The topological polar surface area (TPSA) is 55.1 Å². The average molecular weight is 242 g/mol. The van der Waals surface area contributed by atoms with Crippen molar-refractivity contribution in [3.05, 3.63) is 58.8 Å². The standard InChI is InChI=1S/C15H18N2O/c1-11-4-2-5-12(8-11)10-17-15(18)13-6-3-7-14(16)9-13/h2,4-5,7-9H,3,6,10,16H2,1H3,(H,17,18). The van der Waals surface area contributed by atoms with Crippen LogP contribution >= 0.6 is 0 Å². The lowest BCUT2D eigenvalue weighted by Crippen LogP contribution is -2.25. The molecular formula is C15H18N2O. The second-order valence-corrected chi connectivity index (χ2v) is 4.58. The van der Waals surface area contributed by atoms with Gasteiger partial charge in [-0.3, -0.25) is 4.79 Å². The largest absolute Gasteiger partial charge is 0.399 e. The fraction of sp³-hybridized carbons (Fsp3) is 0.267. The summed E-state index contributed by atoms with van der Waals surface area (Å²) in [6.45, 7) is 2.60. The van der Waals surface area contributed by atoms with Gasteiger partial charge in [-0.05, 0) is 31.4 Å². The number of carbonyl (C=O) groups excluding carboxylic acids is 1. The summed E-state index contributed by atoms with van der Waals surface area (Å²) in [6, 6.07) is 8.12. The Hall–Kier alpha value is -2.03. The summed E-state index contributed by atoms with van der Waals surface area (Å²) in [4.78, 5) is 11.9. The van der Waals surface area contributed by atoms with Gasteiger partial charge in [-0.2, -0.15) is 0 Å². The molecule has 94 valence electrons. The SMILES string of the molecule is Cc1cccc(CNC(=O)C2=CC(N)=CCC2)c1. The first kappa shape index (κ1) is 12.4. The lowest BCUT2D eigenvalue weighted by Gasteiger charge is -2.12. The third-order valence-electron chi connectivity index (χ3n) is 2.96. The predicted octanol–water partition coefficient (Wildman–Crippen LogP) is 2.17. The first-order chi connectivity index (χ1) is 8.65. The van der Waals surface area contributed by atoms with Crippen molar-refractivity contribution in [2.75, 3.05) is 0 Å². The molecule has 3 nitrogen and oxygen atoms in total. The Balaban J connectivity index is 1.95. The highest BCUT2D eigenvalue weighted by atomic mass is 16.1. The van der Waals surface area contributed by atoms with Crippen LogP contribution in [0.25, 0.3) is 0 Å². The minimum atomic E-state index is -0.0208. The molecule has 0 aromatic heterocycles. The highest BCUT2D eigenvalue weighted by molar-refractivity contribution is 5.94. The van der Waals surface area contributed by atoms with Gasteiger partial charge in [-0.25, -0.2) is 0 Å². The van der Waals surface area contributed by atoms with E-state index in [1.807, 2.05) is 31.2 Å². The van der Waals surface area contributed by atoms with Gasteiger partial charge >= 0.3 is 0 Å². The van der Waals surface area contributed by atoms with Crippen LogP contribution in [0.5, 0.6) is 0 Å². The zero-order chi connectivity index (χ0) is 13.0. The van der Waals surface area contributed by atoms with Crippen LogP contribution in [-0.4, -0.2) is 5.91 Å². The Kier molecular flexibility index (Phi) is 3.82. The van der Waals surface area contributed by atoms with E-state index in [1.165, 1.54) is 5.56 Å². The van der Waals surface area contributed by atoms with E-state index < -0.39 is 0 Å². The van der Waals surface area contributed by atoms with Crippen molar-refractivity contribution in [2.45, 2.75) is 26.3 Å². The molecule has 0 radical (unpaired) electrons. The molecule has 3 heteroatoms. The normalized spacial score (nSPS) is 14.7. The number of aryl methyl sites for hydroxylation is 1. The van der Waals surface area contributed by atoms with E-state index in [2.05, 4.69) is 11.4 Å². The van der Waals surface area contributed by atoms with Crippen LogP contribution < -0.4 is 11.1 Å². The monoisotopic (exact) mass is 242 g/mol. The Labute approximate surface area is 107 Å². The number of nitrogens with one attached hydrogen (secondary N) is 1. The average Bonchev–Trinajstić information content (AvgIpc) is 2.36. The summed E-state index contributed by atoms with van der Waals surface area (Å²) in [5, 5.41) is 2.93. The quantitative estimate of drug-likeness (QED) is 0.853. The lowest BCUT2D eigenvalue weighted by molar-refractivity contribution is -0.117. The number of amides is 1. The van der Waals surface area contributed by atoms with Crippen LogP contribution in [0.1, 0.15) is 24.0 Å². The van der Waals surface area contributed by atoms with E-state index in [9.17, 15) is 4.79 Å². The first-order valence-corrected chi connectivity index (χ1v) is 6.15. The third kappa shape index (κ3) is 3.23. The Morgan fingerprint density at radius 1 is 1.44 bits per heavy atom. The van der Waals surface area contributed by atoms with Crippen LogP contribution in [0.2, 0.25) is 0 Å². The Bertz CT molecular complexity index is 515. The van der Waals surface area contributed by atoms with Crippen molar-refractivity contribution in [1.82, 2.24) is 5.32 Å². The summed E-state index contributed by atoms with van der Waals surface area (Å²) in [7, 11) is 0. The van der Waals surface area contributed by atoms with Gasteiger partial charge in [-0.15, -0.1) is 0 Å². The molecular weight excluding hydrogens is 224 g/mol. The summed E-state index contributed by atoms with van der Waals surface area (Å²) in [5.41, 5.74) is 9.46. The highest BCUT2D eigenvalue weighted by Crippen LogP contribution is 2.14. The second kappa shape index (κ2) is 5.54.